The van der Waals surface area contributed by atoms with Gasteiger partial charge in [0, 0.05) is 49.3 Å². The molecule has 45 heavy (non-hydrogen) atoms. The molecule has 0 spiro atoms. The molecule has 0 radical (unpaired) electrons. The first kappa shape index (κ1) is 35.8. The monoisotopic (exact) mass is 623 g/mol. The number of aliphatic carboxylic acids is 2. The number of ether oxygens (including phenoxy) is 1. The van der Waals surface area contributed by atoms with Crippen molar-refractivity contribution < 1.29 is 29.3 Å². The number of carbonyl (C=O) groups excluding carboxylic acids is 1. The number of nitrogens with two attached hydrogens (primary N) is 2. The second kappa shape index (κ2) is 17.0. The van der Waals surface area contributed by atoms with Gasteiger partial charge in [-0.25, -0.2) is 4.98 Å². The molecule has 1 fully saturated rings. The molecular weight excluding hydrogens is 582 g/mol. The van der Waals surface area contributed by atoms with E-state index in [0.29, 0.717) is 40.8 Å². The number of rotatable bonds is 11. The molecule has 1 aromatic heterocycles. The summed E-state index contributed by atoms with van der Waals surface area (Å²) in [6.07, 6.45) is 3.90. The minimum atomic E-state index is -0.833. The highest BCUT2D eigenvalue weighted by molar-refractivity contribution is 5.94. The van der Waals surface area contributed by atoms with Crippen LogP contribution in [-0.2, 0) is 27.5 Å². The number of nitrogens with one attached hydrogen (secondary N) is 3. The number of amidine groups is 1. The van der Waals surface area contributed by atoms with Crippen LogP contribution in [-0.4, -0.2) is 56.1 Å². The van der Waals surface area contributed by atoms with Crippen LogP contribution in [0.3, 0.4) is 0 Å². The highest BCUT2D eigenvalue weighted by atomic mass is 16.5. The maximum Gasteiger partial charge on any atom is 0.300 e. The number of carbonyl (C=O) groups is 3. The van der Waals surface area contributed by atoms with Crippen molar-refractivity contribution in [3.8, 4) is 17.0 Å². The average Bonchev–Trinajstić information content (AvgIpc) is 3.77. The van der Waals surface area contributed by atoms with E-state index in [1.165, 1.54) is 17.4 Å². The first-order valence-electron chi connectivity index (χ1n) is 14.1. The Hall–Kier alpha value is -5.40. The first-order valence-corrected chi connectivity index (χ1v) is 14.1. The Kier molecular flexibility index (Phi) is 13.5. The second-order valence-electron chi connectivity index (χ2n) is 10.7. The Bertz CT molecular complexity index is 1530. The van der Waals surface area contributed by atoms with Crippen molar-refractivity contribution in [3.63, 3.8) is 0 Å². The summed E-state index contributed by atoms with van der Waals surface area (Å²) in [4.78, 5) is 48.6. The Balaban J connectivity index is 0.000000789. The quantitative estimate of drug-likeness (QED) is 0.0931. The van der Waals surface area contributed by atoms with Gasteiger partial charge in [-0.3, -0.25) is 29.2 Å². The van der Waals surface area contributed by atoms with Crippen LogP contribution >= 0.6 is 0 Å². The Morgan fingerprint density at radius 1 is 1.09 bits per heavy atom. The van der Waals surface area contributed by atoms with Gasteiger partial charge in [0.1, 0.15) is 18.1 Å². The zero-order chi connectivity index (χ0) is 33.7. The van der Waals surface area contributed by atoms with Crippen LogP contribution < -0.4 is 32.4 Å². The molecule has 242 valence electrons. The van der Waals surface area contributed by atoms with E-state index in [1.807, 2.05) is 19.9 Å². The first-order chi connectivity index (χ1) is 21.2. The number of nitrogens with zero attached hydrogens (tertiary/aromatic N) is 2. The van der Waals surface area contributed by atoms with E-state index in [2.05, 4.69) is 15.6 Å². The normalized spacial score (nSPS) is 11.7. The smallest absolute Gasteiger partial charge is 0.300 e. The summed E-state index contributed by atoms with van der Waals surface area (Å²) in [6.45, 7) is 6.67. The lowest BCUT2D eigenvalue weighted by atomic mass is 10.1. The van der Waals surface area contributed by atoms with Gasteiger partial charge in [0.15, 0.2) is 5.82 Å². The third-order valence-electron chi connectivity index (χ3n) is 5.94. The predicted molar refractivity (Wildman–Crippen MR) is 171 cm³/mol. The molecule has 1 aliphatic carbocycles. The van der Waals surface area contributed by atoms with Crippen molar-refractivity contribution in [2.24, 2.45) is 11.7 Å². The van der Waals surface area contributed by atoms with Crippen LogP contribution in [0.15, 0.2) is 53.5 Å². The van der Waals surface area contributed by atoms with E-state index in [0.717, 1.165) is 19.4 Å². The maximum absolute atomic E-state index is 13.4. The van der Waals surface area contributed by atoms with E-state index in [9.17, 15) is 9.59 Å². The number of benzene rings is 2. The van der Waals surface area contributed by atoms with Crippen molar-refractivity contribution in [2.45, 2.75) is 59.7 Å². The molecule has 14 heteroatoms. The van der Waals surface area contributed by atoms with E-state index in [-0.39, 0.29) is 36.7 Å². The molecule has 3 aromatic rings. The molecule has 0 aliphatic heterocycles. The SMILES string of the molecule is CC(=O)O.CC(=O)O.CC(C)Nc1ncc(-c2cc(N)cc(OCC3CC3)c2)n(CC(=O)NCc2ccc(C(=N)N)cc2)c1=O. The van der Waals surface area contributed by atoms with Crippen LogP contribution in [0, 0.1) is 11.3 Å². The van der Waals surface area contributed by atoms with Gasteiger partial charge in [-0.15, -0.1) is 0 Å². The number of carboxylic acids is 2. The van der Waals surface area contributed by atoms with E-state index < -0.39 is 17.5 Å². The molecular formula is C31H41N7O7. The molecule has 4 rings (SSSR count). The number of anilines is 2. The Labute approximate surface area is 260 Å². The van der Waals surface area contributed by atoms with Gasteiger partial charge in [-0.1, -0.05) is 24.3 Å². The number of hydrogen-bond acceptors (Lipinski definition) is 9. The topological polar surface area (TPSA) is 236 Å². The van der Waals surface area contributed by atoms with Crippen LogP contribution in [0.1, 0.15) is 51.7 Å². The molecule has 1 saturated carbocycles. The lowest BCUT2D eigenvalue weighted by molar-refractivity contribution is -0.135. The lowest BCUT2D eigenvalue weighted by Crippen LogP contribution is -2.35. The number of hydrogen-bond donors (Lipinski definition) is 7. The van der Waals surface area contributed by atoms with Crippen LogP contribution in [0.4, 0.5) is 11.5 Å². The fraction of sp³-hybridized carbons (Fsp3) is 0.355. The summed E-state index contributed by atoms with van der Waals surface area (Å²) in [5, 5.41) is 28.2. The van der Waals surface area contributed by atoms with Gasteiger partial charge < -0.3 is 37.1 Å². The van der Waals surface area contributed by atoms with Crippen molar-refractivity contribution in [1.29, 1.82) is 5.41 Å². The fourth-order valence-corrected chi connectivity index (χ4v) is 3.80. The van der Waals surface area contributed by atoms with Crippen molar-refractivity contribution in [3.05, 3.63) is 70.1 Å². The zero-order valence-corrected chi connectivity index (χ0v) is 25.8. The number of aromatic nitrogens is 2. The van der Waals surface area contributed by atoms with Gasteiger partial charge in [0.05, 0.1) is 18.5 Å². The summed E-state index contributed by atoms with van der Waals surface area (Å²) in [7, 11) is 0. The molecule has 0 atom stereocenters. The minimum absolute atomic E-state index is 0.0129. The van der Waals surface area contributed by atoms with Crippen molar-refractivity contribution in [1.82, 2.24) is 14.9 Å². The molecule has 1 aliphatic rings. The van der Waals surface area contributed by atoms with Gasteiger partial charge in [0.2, 0.25) is 5.91 Å². The molecule has 1 heterocycles. The van der Waals surface area contributed by atoms with Crippen molar-refractivity contribution >= 4 is 35.2 Å². The number of carboxylic acid groups (broad SMARTS) is 2. The fourth-order valence-electron chi connectivity index (χ4n) is 3.80. The molecule has 0 unspecified atom stereocenters. The zero-order valence-electron chi connectivity index (χ0n) is 25.8. The van der Waals surface area contributed by atoms with E-state index >= 15 is 0 Å². The minimum Gasteiger partial charge on any atom is -0.493 e. The van der Waals surface area contributed by atoms with Crippen molar-refractivity contribution in [2.75, 3.05) is 17.7 Å². The van der Waals surface area contributed by atoms with Crippen LogP contribution in [0.25, 0.3) is 11.3 Å². The average molecular weight is 624 g/mol. The van der Waals surface area contributed by atoms with E-state index in [4.69, 9.17) is 41.4 Å². The van der Waals surface area contributed by atoms with Gasteiger partial charge in [-0.05, 0) is 50.3 Å². The van der Waals surface area contributed by atoms with E-state index in [1.54, 1.807) is 42.6 Å². The van der Waals surface area contributed by atoms with Crippen LogP contribution in [0.5, 0.6) is 5.75 Å². The van der Waals surface area contributed by atoms with Gasteiger partial charge in [0.25, 0.3) is 17.5 Å². The Morgan fingerprint density at radius 2 is 1.69 bits per heavy atom. The molecule has 0 bridgehead atoms. The molecule has 0 saturated heterocycles. The van der Waals surface area contributed by atoms with Gasteiger partial charge in [-0.2, -0.15) is 0 Å². The third-order valence-corrected chi connectivity index (χ3v) is 5.94. The second-order valence-corrected chi connectivity index (χ2v) is 10.7. The summed E-state index contributed by atoms with van der Waals surface area (Å²) in [5.41, 5.74) is 14.3. The molecule has 1 amide bonds. The summed E-state index contributed by atoms with van der Waals surface area (Å²) < 4.78 is 7.30. The lowest BCUT2D eigenvalue weighted by Gasteiger charge is -2.17. The third kappa shape index (κ3) is 13.2. The number of amides is 1. The maximum atomic E-state index is 13.4. The van der Waals surface area contributed by atoms with Crippen LogP contribution in [0.2, 0.25) is 0 Å². The molecule has 2 aromatic carbocycles. The summed E-state index contributed by atoms with van der Waals surface area (Å²) in [5.74, 6) is -0.666. The highest BCUT2D eigenvalue weighted by Gasteiger charge is 2.22. The molecule has 9 N–H and O–H groups in total. The standard InChI is InChI=1S/C27H33N7O3.2C2H4O2/c1-16(2)33-26-27(36)34(14-24(35)31-12-17-5-7-19(8-6-17)25(29)30)23(13-32-26)20-9-21(28)11-22(10-20)37-15-18-3-4-18;2*1-2(3)4/h5-11,13,16,18H,3-4,12,14-15,28H2,1-2H3,(H3,29,30)(H,31,35)(H,32,33);2*1H3,(H,3,4). The summed E-state index contributed by atoms with van der Waals surface area (Å²) >= 11 is 0. The number of nitrogen functional groups attached to an aromatic ring is 2. The largest absolute Gasteiger partial charge is 0.493 e. The Morgan fingerprint density at radius 3 is 2.22 bits per heavy atom. The highest BCUT2D eigenvalue weighted by Crippen LogP contribution is 2.32. The molecule has 14 nitrogen and oxygen atoms in total. The summed E-state index contributed by atoms with van der Waals surface area (Å²) in [6, 6.07) is 12.3. The predicted octanol–water partition coefficient (Wildman–Crippen LogP) is 2.88. The van der Waals surface area contributed by atoms with Gasteiger partial charge >= 0.3 is 0 Å².